The molecule has 338 valence electrons. The maximum absolute atomic E-state index is 13.7. The van der Waals surface area contributed by atoms with Crippen LogP contribution in [0.4, 0.5) is 0 Å². The van der Waals surface area contributed by atoms with Crippen LogP contribution in [0, 0.1) is 17.3 Å². The summed E-state index contributed by atoms with van der Waals surface area (Å²) in [4.78, 5) is 79.1. The number of carbonyl (C=O) groups is 6. The summed E-state index contributed by atoms with van der Waals surface area (Å²) in [5.74, 6) is -3.65. The molecule has 6 rings (SSSR count). The number of rotatable bonds is 22. The number of unbranched alkanes of at least 4 members (excludes halogenated alkanes) is 2. The van der Waals surface area contributed by atoms with Gasteiger partial charge < -0.3 is 52.5 Å². The number of primary amides is 1. The molecular weight excluding hydrogens is 793 g/mol. The first kappa shape index (κ1) is 48.2. The fourth-order valence-electron chi connectivity index (χ4n) is 9.14. The van der Waals surface area contributed by atoms with E-state index in [1.807, 2.05) is 12.1 Å². The monoisotopic (exact) mass is 860 g/mol. The van der Waals surface area contributed by atoms with Crippen molar-refractivity contribution in [3.05, 3.63) is 59.7 Å². The van der Waals surface area contributed by atoms with Crippen molar-refractivity contribution in [2.75, 3.05) is 13.0 Å². The molecule has 10 N–H and O–H groups in total. The summed E-state index contributed by atoms with van der Waals surface area (Å²) in [6, 6.07) is 10.0. The first-order chi connectivity index (χ1) is 29.4. The molecule has 1 heterocycles. The number of carbonyl (C=O) groups excluding carboxylic acids is 6. The van der Waals surface area contributed by atoms with E-state index >= 15 is 0 Å². The van der Waals surface area contributed by atoms with Crippen LogP contribution < -0.4 is 38.1 Å². The molecule has 3 aliphatic carbocycles. The Hall–Kier alpha value is -4.84. The predicted octanol–water partition coefficient (Wildman–Crippen LogP) is 2.04. The van der Waals surface area contributed by atoms with E-state index in [0.717, 1.165) is 43.2 Å². The Morgan fingerprint density at radius 2 is 1.48 bits per heavy atom. The van der Waals surface area contributed by atoms with Crippen molar-refractivity contribution in [3.8, 4) is 11.1 Å². The van der Waals surface area contributed by atoms with Crippen LogP contribution in [0.15, 0.2) is 48.5 Å². The summed E-state index contributed by atoms with van der Waals surface area (Å²) in [6.45, 7) is 11.7. The standard InChI is InChI=1S/C45H66BN7O9/c1-7-8-11-28-13-15-29(16-14-28)30-17-19-31(20-18-30)40(57)51-33(12-9-10-21-47)42(59)53-38(27(3)54)43(60)50-26(2)39(56)52-34(24-37(48)55)41(58)49-25-46-61-36-23-32-22-35(44(32,4)5)45(36,6)62-46/h13-20,26-27,32-36,38,54H,7-12,21-25,47H2,1-6H3,(H2,48,55)(H,49,58)(H,50,60)(H,51,57)(H,52,56)(H,53,59)/t26-,27?,32-,33-,34-,35-,36?,38-,45-/m0/s1. The van der Waals surface area contributed by atoms with Gasteiger partial charge in [-0.1, -0.05) is 63.6 Å². The fourth-order valence-corrected chi connectivity index (χ4v) is 9.14. The number of aliphatic hydroxyl groups is 1. The highest BCUT2D eigenvalue weighted by molar-refractivity contribution is 6.46. The lowest BCUT2D eigenvalue weighted by Crippen LogP contribution is -2.65. The Labute approximate surface area is 365 Å². The molecule has 3 saturated carbocycles. The Morgan fingerprint density at radius 1 is 0.823 bits per heavy atom. The van der Waals surface area contributed by atoms with E-state index in [1.54, 1.807) is 12.1 Å². The third-order valence-electron chi connectivity index (χ3n) is 13.1. The zero-order chi connectivity index (χ0) is 45.4. The molecule has 17 heteroatoms. The van der Waals surface area contributed by atoms with Crippen LogP contribution in [-0.2, 0) is 39.7 Å². The third-order valence-corrected chi connectivity index (χ3v) is 13.1. The van der Waals surface area contributed by atoms with Crippen molar-refractivity contribution < 1.29 is 43.2 Å². The van der Waals surface area contributed by atoms with E-state index in [-0.39, 0.29) is 24.4 Å². The molecule has 0 aromatic heterocycles. The van der Waals surface area contributed by atoms with Gasteiger partial charge >= 0.3 is 7.12 Å². The van der Waals surface area contributed by atoms with Crippen molar-refractivity contribution in [2.45, 2.75) is 141 Å². The number of aryl methyl sites for hydroxylation is 1. The highest BCUT2D eigenvalue weighted by Crippen LogP contribution is 2.65. The molecule has 2 aromatic carbocycles. The van der Waals surface area contributed by atoms with Gasteiger partial charge in [-0.2, -0.15) is 0 Å². The van der Waals surface area contributed by atoms with E-state index < -0.39 is 84.9 Å². The third kappa shape index (κ3) is 11.6. The summed E-state index contributed by atoms with van der Waals surface area (Å²) in [5.41, 5.74) is 14.3. The Bertz CT molecular complexity index is 1910. The molecular formula is C45H66BN7O9. The van der Waals surface area contributed by atoms with Crippen LogP contribution in [0.25, 0.3) is 11.1 Å². The second-order valence-electron chi connectivity index (χ2n) is 18.0. The number of aliphatic hydroxyl groups excluding tert-OH is 1. The Kier molecular flexibility index (Phi) is 16.3. The highest BCUT2D eigenvalue weighted by atomic mass is 16.7. The lowest BCUT2D eigenvalue weighted by atomic mass is 9.43. The molecule has 1 aliphatic heterocycles. The van der Waals surface area contributed by atoms with Gasteiger partial charge in [-0.3, -0.25) is 28.8 Å². The molecule has 62 heavy (non-hydrogen) atoms. The summed E-state index contributed by atoms with van der Waals surface area (Å²) in [6.07, 6.45) is 4.39. The number of nitrogens with two attached hydrogens (primary N) is 2. The van der Waals surface area contributed by atoms with Gasteiger partial charge in [0.1, 0.15) is 24.2 Å². The summed E-state index contributed by atoms with van der Waals surface area (Å²) in [7, 11) is -0.719. The summed E-state index contributed by atoms with van der Waals surface area (Å²) in [5, 5.41) is 23.5. The van der Waals surface area contributed by atoms with Crippen molar-refractivity contribution >= 4 is 42.6 Å². The van der Waals surface area contributed by atoms with Crippen LogP contribution in [0.3, 0.4) is 0 Å². The van der Waals surface area contributed by atoms with Crippen LogP contribution in [0.5, 0.6) is 0 Å². The average Bonchev–Trinajstić information content (AvgIpc) is 3.59. The first-order valence-corrected chi connectivity index (χ1v) is 22.1. The van der Waals surface area contributed by atoms with Crippen LogP contribution in [0.2, 0.25) is 0 Å². The molecule has 0 radical (unpaired) electrons. The molecule has 2 bridgehead atoms. The molecule has 4 aliphatic rings. The minimum absolute atomic E-state index is 0.0237. The number of hydrogen-bond donors (Lipinski definition) is 8. The van der Waals surface area contributed by atoms with Gasteiger partial charge in [0.15, 0.2) is 0 Å². The van der Waals surface area contributed by atoms with E-state index in [4.69, 9.17) is 20.8 Å². The van der Waals surface area contributed by atoms with Gasteiger partial charge in [0.25, 0.3) is 5.91 Å². The zero-order valence-corrected chi connectivity index (χ0v) is 37.0. The first-order valence-electron chi connectivity index (χ1n) is 22.1. The minimum Gasteiger partial charge on any atom is -0.404 e. The quantitative estimate of drug-likeness (QED) is 0.0632. The van der Waals surface area contributed by atoms with Crippen molar-refractivity contribution in [1.29, 1.82) is 0 Å². The van der Waals surface area contributed by atoms with Gasteiger partial charge in [-0.05, 0) is 118 Å². The smallest absolute Gasteiger partial charge is 0.404 e. The number of benzene rings is 2. The molecule has 4 fully saturated rings. The zero-order valence-electron chi connectivity index (χ0n) is 37.0. The van der Waals surface area contributed by atoms with Gasteiger partial charge in [0, 0.05) is 5.56 Å². The maximum Gasteiger partial charge on any atom is 0.478 e. The summed E-state index contributed by atoms with van der Waals surface area (Å²) >= 11 is 0. The van der Waals surface area contributed by atoms with E-state index in [0.29, 0.717) is 36.8 Å². The predicted molar refractivity (Wildman–Crippen MR) is 235 cm³/mol. The van der Waals surface area contributed by atoms with Crippen LogP contribution in [-0.4, -0.2) is 103 Å². The molecule has 2 unspecified atom stereocenters. The second-order valence-corrected chi connectivity index (χ2v) is 18.0. The van der Waals surface area contributed by atoms with Gasteiger partial charge in [0.2, 0.25) is 29.5 Å². The number of hydrogen-bond acceptors (Lipinski definition) is 10. The average molecular weight is 860 g/mol. The fraction of sp³-hybridized carbons (Fsp3) is 0.600. The second kappa shape index (κ2) is 21.0. The van der Waals surface area contributed by atoms with Gasteiger partial charge in [-0.15, -0.1) is 0 Å². The van der Waals surface area contributed by atoms with Gasteiger partial charge in [-0.25, -0.2) is 0 Å². The lowest BCUT2D eigenvalue weighted by Gasteiger charge is -2.64. The molecule has 6 amide bonds. The van der Waals surface area contributed by atoms with Crippen molar-refractivity contribution in [3.63, 3.8) is 0 Å². The van der Waals surface area contributed by atoms with Crippen LogP contribution in [0.1, 0.15) is 109 Å². The number of nitrogens with one attached hydrogen (secondary N) is 5. The summed E-state index contributed by atoms with van der Waals surface area (Å²) < 4.78 is 12.5. The van der Waals surface area contributed by atoms with E-state index in [9.17, 15) is 33.9 Å². The largest absolute Gasteiger partial charge is 0.478 e. The highest BCUT2D eigenvalue weighted by Gasteiger charge is 2.67. The molecule has 2 aromatic rings. The van der Waals surface area contributed by atoms with Gasteiger partial charge in [0.05, 0.1) is 30.7 Å². The number of amides is 6. The SMILES string of the molecule is CCCCc1ccc(-c2ccc(C(=O)N[C@@H](CCCCN)C(=O)N[C@H](C(=O)N[C@@H](C)C(=O)N[C@@H](CC(N)=O)C(=O)NCB3OC4C[C@@H]5C[C@@H](C5(C)C)[C@]4(C)O3)C(C)O)cc2)cc1. The minimum atomic E-state index is -1.53. The normalized spacial score (nSPS) is 23.3. The molecule has 9 atom stereocenters. The lowest BCUT2D eigenvalue weighted by molar-refractivity contribution is -0.199. The van der Waals surface area contributed by atoms with Crippen molar-refractivity contribution in [1.82, 2.24) is 26.6 Å². The van der Waals surface area contributed by atoms with E-state index in [1.165, 1.54) is 19.4 Å². The molecule has 1 saturated heterocycles. The maximum atomic E-state index is 13.7. The molecule has 16 nitrogen and oxygen atoms in total. The Morgan fingerprint density at radius 3 is 2.08 bits per heavy atom. The van der Waals surface area contributed by atoms with Crippen molar-refractivity contribution in [2.24, 2.45) is 28.7 Å². The molecule has 0 spiro atoms. The Balaban J connectivity index is 1.15. The van der Waals surface area contributed by atoms with Crippen LogP contribution >= 0.6 is 0 Å². The van der Waals surface area contributed by atoms with E-state index in [2.05, 4.69) is 78.5 Å². The topological polar surface area (TPSA) is 253 Å².